The highest BCUT2D eigenvalue weighted by Crippen LogP contribution is 2.26. The number of hydrogen-bond acceptors (Lipinski definition) is 4. The van der Waals surface area contributed by atoms with Crippen LogP contribution in [0.4, 0.5) is 0 Å². The van der Waals surface area contributed by atoms with Crippen molar-refractivity contribution in [1.29, 1.82) is 0 Å². The molecule has 0 fully saturated rings. The molecule has 0 aliphatic carbocycles. The van der Waals surface area contributed by atoms with Crippen LogP contribution in [0.15, 0.2) is 24.5 Å². The van der Waals surface area contributed by atoms with Crippen LogP contribution in [0.1, 0.15) is 35.4 Å². The van der Waals surface area contributed by atoms with Gasteiger partial charge in [-0.25, -0.2) is 0 Å². The molecule has 0 saturated carbocycles. The third kappa shape index (κ3) is 3.02. The molecule has 2 aromatic rings. The molecule has 0 bridgehead atoms. The third-order valence-corrected chi connectivity index (χ3v) is 4.57. The van der Waals surface area contributed by atoms with Crippen molar-refractivity contribution >= 4 is 11.8 Å². The summed E-state index contributed by atoms with van der Waals surface area (Å²) in [6.45, 7) is 4.76. The molecule has 7 nitrogen and oxygen atoms in total. The number of amides is 2. The molecule has 3 rings (SSSR count). The van der Waals surface area contributed by atoms with Crippen molar-refractivity contribution in [2.24, 2.45) is 7.05 Å². The van der Waals surface area contributed by atoms with Crippen LogP contribution < -0.4 is 5.32 Å². The van der Waals surface area contributed by atoms with Crippen LogP contribution in [0.3, 0.4) is 0 Å². The first kappa shape index (κ1) is 16.2. The Morgan fingerprint density at radius 3 is 2.88 bits per heavy atom. The lowest BCUT2D eigenvalue weighted by atomic mass is 9.93. The van der Waals surface area contributed by atoms with Gasteiger partial charge in [0.25, 0.3) is 0 Å². The summed E-state index contributed by atoms with van der Waals surface area (Å²) in [5.74, 6) is -0.606. The molecule has 1 aliphatic rings. The fraction of sp³-hybridized carbons (Fsp3) is 0.412. The largest absolute Gasteiger partial charge is 0.351 e. The number of fused-ring (bicyclic) bond motifs is 1. The SMILES string of the molecule is CC(=O)N1Cc2cccnc2C(C(=O)NCc2cnn(C)c2C)C1. The van der Waals surface area contributed by atoms with Gasteiger partial charge >= 0.3 is 0 Å². The highest BCUT2D eigenvalue weighted by atomic mass is 16.2. The van der Waals surface area contributed by atoms with E-state index in [1.165, 1.54) is 6.92 Å². The van der Waals surface area contributed by atoms with E-state index in [2.05, 4.69) is 15.4 Å². The summed E-state index contributed by atoms with van der Waals surface area (Å²) in [6, 6.07) is 3.75. The Hall–Kier alpha value is -2.70. The Labute approximate surface area is 140 Å². The van der Waals surface area contributed by atoms with Gasteiger partial charge in [-0.05, 0) is 18.6 Å². The summed E-state index contributed by atoms with van der Waals surface area (Å²) in [4.78, 5) is 30.5. The van der Waals surface area contributed by atoms with Crippen LogP contribution in [0.5, 0.6) is 0 Å². The van der Waals surface area contributed by atoms with E-state index >= 15 is 0 Å². The topological polar surface area (TPSA) is 80.1 Å². The van der Waals surface area contributed by atoms with Crippen molar-refractivity contribution in [3.05, 3.63) is 47.0 Å². The number of pyridine rings is 1. The van der Waals surface area contributed by atoms with Crippen LogP contribution >= 0.6 is 0 Å². The maximum Gasteiger partial charge on any atom is 0.231 e. The minimum atomic E-state index is -0.448. The average Bonchev–Trinajstić information content (AvgIpc) is 2.90. The van der Waals surface area contributed by atoms with Crippen LogP contribution in [0.25, 0.3) is 0 Å². The molecule has 3 heterocycles. The molecule has 1 aliphatic heterocycles. The maximum atomic E-state index is 12.7. The highest BCUT2D eigenvalue weighted by molar-refractivity contribution is 5.85. The van der Waals surface area contributed by atoms with Gasteiger partial charge in [-0.15, -0.1) is 0 Å². The van der Waals surface area contributed by atoms with Gasteiger partial charge in [0, 0.05) is 51.1 Å². The van der Waals surface area contributed by atoms with E-state index in [1.54, 1.807) is 22.0 Å². The molecule has 0 radical (unpaired) electrons. The number of rotatable bonds is 3. The third-order valence-electron chi connectivity index (χ3n) is 4.57. The van der Waals surface area contributed by atoms with Gasteiger partial charge in [0.2, 0.25) is 11.8 Å². The summed E-state index contributed by atoms with van der Waals surface area (Å²) >= 11 is 0. The minimum Gasteiger partial charge on any atom is -0.351 e. The molecule has 0 saturated heterocycles. The molecule has 0 spiro atoms. The average molecular weight is 327 g/mol. The van der Waals surface area contributed by atoms with Crippen LogP contribution in [0.2, 0.25) is 0 Å². The molecule has 1 unspecified atom stereocenters. The van der Waals surface area contributed by atoms with Gasteiger partial charge < -0.3 is 10.2 Å². The van der Waals surface area contributed by atoms with Gasteiger partial charge in [-0.1, -0.05) is 6.07 Å². The van der Waals surface area contributed by atoms with E-state index in [9.17, 15) is 9.59 Å². The van der Waals surface area contributed by atoms with Crippen molar-refractivity contribution in [2.75, 3.05) is 6.54 Å². The van der Waals surface area contributed by atoms with E-state index in [0.717, 1.165) is 22.5 Å². The highest BCUT2D eigenvalue weighted by Gasteiger charge is 2.32. The smallest absolute Gasteiger partial charge is 0.231 e. The lowest BCUT2D eigenvalue weighted by Crippen LogP contribution is -2.43. The van der Waals surface area contributed by atoms with E-state index < -0.39 is 5.92 Å². The van der Waals surface area contributed by atoms with E-state index in [4.69, 9.17) is 0 Å². The zero-order valence-corrected chi connectivity index (χ0v) is 14.1. The quantitative estimate of drug-likeness (QED) is 0.908. The van der Waals surface area contributed by atoms with Crippen molar-refractivity contribution in [1.82, 2.24) is 25.0 Å². The summed E-state index contributed by atoms with van der Waals surface area (Å²) in [7, 11) is 1.87. The van der Waals surface area contributed by atoms with Crippen LogP contribution in [-0.2, 0) is 29.7 Å². The summed E-state index contributed by atoms with van der Waals surface area (Å²) in [5.41, 5.74) is 3.68. The summed E-state index contributed by atoms with van der Waals surface area (Å²) < 4.78 is 1.77. The summed E-state index contributed by atoms with van der Waals surface area (Å²) in [6.07, 6.45) is 3.44. The molecule has 1 atom stereocenters. The standard InChI is InChI=1S/C17H21N5O2/c1-11-14(8-20-21(11)3)7-19-17(24)15-10-22(12(2)23)9-13-5-4-6-18-16(13)15/h4-6,8,15H,7,9-10H2,1-3H3,(H,19,24). The molecule has 0 aromatic carbocycles. The molecule has 126 valence electrons. The van der Waals surface area contributed by atoms with Gasteiger partial charge in [-0.3, -0.25) is 19.3 Å². The molecular weight excluding hydrogens is 306 g/mol. The Balaban J connectivity index is 1.78. The Morgan fingerprint density at radius 2 is 2.21 bits per heavy atom. The van der Waals surface area contributed by atoms with E-state index in [-0.39, 0.29) is 11.8 Å². The predicted octanol–water partition coefficient (Wildman–Crippen LogP) is 0.886. The first-order chi connectivity index (χ1) is 11.5. The molecule has 2 amide bonds. The minimum absolute atomic E-state index is 0.0367. The number of aromatic nitrogens is 3. The second-order valence-corrected chi connectivity index (χ2v) is 6.10. The first-order valence-corrected chi connectivity index (χ1v) is 7.92. The number of aryl methyl sites for hydroxylation is 1. The second kappa shape index (κ2) is 6.43. The second-order valence-electron chi connectivity index (χ2n) is 6.10. The zero-order valence-electron chi connectivity index (χ0n) is 14.1. The Morgan fingerprint density at radius 1 is 1.42 bits per heavy atom. The van der Waals surface area contributed by atoms with Gasteiger partial charge in [0.1, 0.15) is 0 Å². The number of nitrogens with zero attached hydrogens (tertiary/aromatic N) is 4. The van der Waals surface area contributed by atoms with Gasteiger partial charge in [-0.2, -0.15) is 5.10 Å². The van der Waals surface area contributed by atoms with Crippen LogP contribution in [0, 0.1) is 6.92 Å². The van der Waals surface area contributed by atoms with Crippen LogP contribution in [-0.4, -0.2) is 38.0 Å². The van der Waals surface area contributed by atoms with E-state index in [0.29, 0.717) is 19.6 Å². The fourth-order valence-electron chi connectivity index (χ4n) is 2.95. The molecular formula is C17H21N5O2. The number of nitrogens with one attached hydrogen (secondary N) is 1. The van der Waals surface area contributed by atoms with Crippen molar-refractivity contribution in [3.8, 4) is 0 Å². The van der Waals surface area contributed by atoms with Gasteiger partial charge in [0.05, 0.1) is 17.8 Å². The Kier molecular flexibility index (Phi) is 4.33. The van der Waals surface area contributed by atoms with Crippen molar-refractivity contribution in [2.45, 2.75) is 32.9 Å². The molecule has 24 heavy (non-hydrogen) atoms. The molecule has 1 N–H and O–H groups in total. The lowest BCUT2D eigenvalue weighted by molar-refractivity contribution is -0.131. The fourth-order valence-corrected chi connectivity index (χ4v) is 2.95. The number of carbonyl (C=O) groups is 2. The van der Waals surface area contributed by atoms with Gasteiger partial charge in [0.15, 0.2) is 0 Å². The van der Waals surface area contributed by atoms with Crippen molar-refractivity contribution in [3.63, 3.8) is 0 Å². The maximum absolute atomic E-state index is 12.7. The number of carbonyl (C=O) groups excluding carboxylic acids is 2. The first-order valence-electron chi connectivity index (χ1n) is 7.92. The predicted molar refractivity (Wildman–Crippen MR) is 87.9 cm³/mol. The Bertz CT molecular complexity index is 783. The molecule has 2 aromatic heterocycles. The monoisotopic (exact) mass is 327 g/mol. The number of hydrogen-bond donors (Lipinski definition) is 1. The van der Waals surface area contributed by atoms with Crippen molar-refractivity contribution < 1.29 is 9.59 Å². The van der Waals surface area contributed by atoms with E-state index in [1.807, 2.05) is 26.1 Å². The summed E-state index contributed by atoms with van der Waals surface area (Å²) in [5, 5.41) is 7.13. The normalized spacial score (nSPS) is 16.6. The lowest BCUT2D eigenvalue weighted by Gasteiger charge is -2.32. The zero-order chi connectivity index (χ0) is 17.3. The molecule has 7 heteroatoms.